The molecule has 0 fully saturated rings. The van der Waals surface area contributed by atoms with E-state index in [-0.39, 0.29) is 11.9 Å². The highest BCUT2D eigenvalue weighted by Crippen LogP contribution is 2.30. The molecule has 1 aromatic carbocycles. The lowest BCUT2D eigenvalue weighted by molar-refractivity contribution is -0.384. The molecule has 0 aliphatic carbocycles. The van der Waals surface area contributed by atoms with E-state index in [2.05, 4.69) is 5.32 Å². The molecular formula is C11H14F2N2O3S. The molecule has 0 radical (unpaired) electrons. The lowest BCUT2D eigenvalue weighted by atomic mass is 10.2. The molecule has 19 heavy (non-hydrogen) atoms. The molecule has 1 rings (SSSR count). The van der Waals surface area contributed by atoms with E-state index >= 15 is 0 Å². The predicted molar refractivity (Wildman–Crippen MR) is 70.5 cm³/mol. The number of hydrogen-bond donors (Lipinski definition) is 2. The summed E-state index contributed by atoms with van der Waals surface area (Å²) in [7, 11) is 0. The van der Waals surface area contributed by atoms with Gasteiger partial charge < -0.3 is 10.4 Å². The minimum Gasteiger partial charge on any atom is -0.395 e. The van der Waals surface area contributed by atoms with E-state index in [0.29, 0.717) is 6.07 Å². The Kier molecular flexibility index (Phi) is 5.49. The third kappa shape index (κ3) is 3.54. The number of aliphatic hydroxyl groups is 1. The Balaban J connectivity index is 3.11. The molecule has 8 heteroatoms. The second kappa shape index (κ2) is 6.67. The Labute approximate surface area is 113 Å². The zero-order chi connectivity index (χ0) is 14.6. The predicted octanol–water partition coefficient (Wildman–Crippen LogP) is 2.40. The second-order valence-electron chi connectivity index (χ2n) is 3.90. The largest absolute Gasteiger partial charge is 0.395 e. The first kappa shape index (κ1) is 15.6. The lowest BCUT2D eigenvalue weighted by Gasteiger charge is -2.22. The van der Waals surface area contributed by atoms with Crippen molar-refractivity contribution in [2.24, 2.45) is 0 Å². The van der Waals surface area contributed by atoms with Gasteiger partial charge in [-0.15, -0.1) is 0 Å². The third-order valence-electron chi connectivity index (χ3n) is 2.68. The number of nitrogens with zero attached hydrogens (tertiary/aromatic N) is 1. The molecule has 106 valence electrons. The van der Waals surface area contributed by atoms with Crippen molar-refractivity contribution in [2.75, 3.05) is 18.2 Å². The first-order valence-electron chi connectivity index (χ1n) is 5.45. The van der Waals surface area contributed by atoms with Crippen LogP contribution in [0.25, 0.3) is 0 Å². The monoisotopic (exact) mass is 292 g/mol. The van der Waals surface area contributed by atoms with Gasteiger partial charge in [0.15, 0.2) is 17.3 Å². The molecule has 2 N–H and O–H groups in total. The van der Waals surface area contributed by atoms with Gasteiger partial charge in [0.05, 0.1) is 11.5 Å². The van der Waals surface area contributed by atoms with E-state index < -0.39 is 34.0 Å². The molecule has 0 aromatic heterocycles. The average molecular weight is 292 g/mol. The maximum atomic E-state index is 13.6. The van der Waals surface area contributed by atoms with Gasteiger partial charge in [-0.25, -0.2) is 8.78 Å². The Bertz CT molecular complexity index is 469. The summed E-state index contributed by atoms with van der Waals surface area (Å²) in [6.07, 6.45) is 1.75. The van der Waals surface area contributed by atoms with Crippen LogP contribution in [0, 0.1) is 21.7 Å². The van der Waals surface area contributed by atoms with Crippen LogP contribution in [0.15, 0.2) is 12.1 Å². The van der Waals surface area contributed by atoms with Crippen LogP contribution in [0.5, 0.6) is 0 Å². The molecule has 0 spiro atoms. The van der Waals surface area contributed by atoms with E-state index in [1.54, 1.807) is 13.2 Å². The molecule has 2 unspecified atom stereocenters. The molecule has 0 aliphatic heterocycles. The first-order valence-corrected chi connectivity index (χ1v) is 6.73. The van der Waals surface area contributed by atoms with Crippen molar-refractivity contribution in [3.8, 4) is 0 Å². The van der Waals surface area contributed by atoms with Gasteiger partial charge in [-0.2, -0.15) is 11.8 Å². The highest BCUT2D eigenvalue weighted by Gasteiger charge is 2.25. The number of aliphatic hydroxyl groups excluding tert-OH is 1. The minimum atomic E-state index is -1.29. The molecule has 2 atom stereocenters. The zero-order valence-electron chi connectivity index (χ0n) is 10.4. The average Bonchev–Trinajstić information content (AvgIpc) is 2.36. The highest BCUT2D eigenvalue weighted by molar-refractivity contribution is 7.99. The topological polar surface area (TPSA) is 75.4 Å². The molecule has 0 bridgehead atoms. The molecule has 0 saturated heterocycles. The highest BCUT2D eigenvalue weighted by atomic mass is 32.2. The number of anilines is 1. The van der Waals surface area contributed by atoms with Crippen LogP contribution in [0.4, 0.5) is 20.2 Å². The van der Waals surface area contributed by atoms with Gasteiger partial charge in [0.25, 0.3) is 5.69 Å². The zero-order valence-corrected chi connectivity index (χ0v) is 11.2. The number of thioether (sulfide) groups is 1. The Morgan fingerprint density at radius 2 is 2.16 bits per heavy atom. The van der Waals surface area contributed by atoms with E-state index in [1.165, 1.54) is 11.8 Å². The van der Waals surface area contributed by atoms with Crippen LogP contribution in [-0.2, 0) is 0 Å². The summed E-state index contributed by atoms with van der Waals surface area (Å²) in [6.45, 7) is 1.45. The summed E-state index contributed by atoms with van der Waals surface area (Å²) in [5, 5.41) is 22.2. The van der Waals surface area contributed by atoms with Gasteiger partial charge in [0.2, 0.25) is 0 Å². The summed E-state index contributed by atoms with van der Waals surface area (Å²) >= 11 is 1.32. The summed E-state index contributed by atoms with van der Waals surface area (Å²) < 4.78 is 26.8. The minimum absolute atomic E-state index is 0.180. The van der Waals surface area contributed by atoms with Gasteiger partial charge in [0, 0.05) is 17.4 Å². The number of benzene rings is 1. The van der Waals surface area contributed by atoms with Crippen LogP contribution in [0.2, 0.25) is 0 Å². The molecule has 0 heterocycles. The van der Waals surface area contributed by atoms with Crippen LogP contribution in [0.3, 0.4) is 0 Å². The van der Waals surface area contributed by atoms with Crippen LogP contribution in [0.1, 0.15) is 6.92 Å². The van der Waals surface area contributed by atoms with Crippen molar-refractivity contribution in [2.45, 2.75) is 18.2 Å². The fourth-order valence-electron chi connectivity index (χ4n) is 1.59. The van der Waals surface area contributed by atoms with Crippen LogP contribution in [-0.4, -0.2) is 34.2 Å². The van der Waals surface area contributed by atoms with Crippen molar-refractivity contribution in [3.63, 3.8) is 0 Å². The van der Waals surface area contributed by atoms with Crippen molar-refractivity contribution in [3.05, 3.63) is 33.9 Å². The maximum absolute atomic E-state index is 13.6. The van der Waals surface area contributed by atoms with E-state index in [9.17, 15) is 18.9 Å². The molecule has 5 nitrogen and oxygen atoms in total. The van der Waals surface area contributed by atoms with Crippen molar-refractivity contribution in [1.82, 2.24) is 0 Å². The number of halogens is 2. The second-order valence-corrected chi connectivity index (χ2v) is 4.98. The Hall–Kier alpha value is -1.41. The SMILES string of the molecule is CSC(CO)C(C)Nc1c([N+](=O)[O-])ccc(F)c1F. The number of nitro groups is 1. The van der Waals surface area contributed by atoms with Crippen molar-refractivity contribution in [1.29, 1.82) is 0 Å². The molecule has 0 amide bonds. The fraction of sp³-hybridized carbons (Fsp3) is 0.455. The standard InChI is InChI=1S/C11H14F2N2O3S/c1-6(9(5-16)19-2)14-11-8(15(17)18)4-3-7(12)10(11)13/h3-4,6,9,14,16H,5H2,1-2H3. The van der Waals surface area contributed by atoms with E-state index in [4.69, 9.17) is 5.11 Å². The smallest absolute Gasteiger partial charge is 0.295 e. The number of nitrogens with one attached hydrogen (secondary N) is 1. The quantitative estimate of drug-likeness (QED) is 0.622. The number of hydrogen-bond acceptors (Lipinski definition) is 5. The Morgan fingerprint density at radius 1 is 1.53 bits per heavy atom. The lowest BCUT2D eigenvalue weighted by Crippen LogP contribution is -2.31. The van der Waals surface area contributed by atoms with Crippen LogP contribution >= 0.6 is 11.8 Å². The molecule has 1 aromatic rings. The normalized spacial score (nSPS) is 13.9. The maximum Gasteiger partial charge on any atom is 0.295 e. The Morgan fingerprint density at radius 3 is 2.63 bits per heavy atom. The molecule has 0 saturated carbocycles. The fourth-order valence-corrected chi connectivity index (χ4v) is 2.21. The molecular weight excluding hydrogens is 278 g/mol. The van der Waals surface area contributed by atoms with Gasteiger partial charge in [-0.05, 0) is 19.2 Å². The van der Waals surface area contributed by atoms with E-state index in [1.807, 2.05) is 0 Å². The van der Waals surface area contributed by atoms with Crippen molar-refractivity contribution < 1.29 is 18.8 Å². The molecule has 0 aliphatic rings. The number of nitro benzene ring substituents is 1. The summed E-state index contributed by atoms with van der Waals surface area (Å²) in [5.74, 6) is -2.45. The van der Waals surface area contributed by atoms with Gasteiger partial charge in [0.1, 0.15) is 0 Å². The van der Waals surface area contributed by atoms with E-state index in [0.717, 1.165) is 6.07 Å². The first-order chi connectivity index (χ1) is 8.92. The summed E-state index contributed by atoms with van der Waals surface area (Å²) in [5.41, 5.74) is -1.03. The number of rotatable bonds is 6. The van der Waals surface area contributed by atoms with Crippen LogP contribution < -0.4 is 5.32 Å². The summed E-state index contributed by atoms with van der Waals surface area (Å²) in [4.78, 5) is 10.0. The van der Waals surface area contributed by atoms with Gasteiger partial charge >= 0.3 is 0 Å². The summed E-state index contributed by atoms with van der Waals surface area (Å²) in [6, 6.07) is 1.15. The van der Waals surface area contributed by atoms with Crippen molar-refractivity contribution >= 4 is 23.1 Å². The third-order valence-corrected chi connectivity index (χ3v) is 3.84. The van der Waals surface area contributed by atoms with Gasteiger partial charge in [-0.1, -0.05) is 0 Å². The van der Waals surface area contributed by atoms with Gasteiger partial charge in [-0.3, -0.25) is 10.1 Å².